The fourth-order valence-corrected chi connectivity index (χ4v) is 2.00. The van der Waals surface area contributed by atoms with Crippen LogP contribution in [-0.2, 0) is 6.54 Å². The Morgan fingerprint density at radius 1 is 1.00 bits per heavy atom. The van der Waals surface area contributed by atoms with Gasteiger partial charge in [0.2, 0.25) is 0 Å². The summed E-state index contributed by atoms with van der Waals surface area (Å²) in [6, 6.07) is 12.7. The summed E-state index contributed by atoms with van der Waals surface area (Å²) in [7, 11) is 0. The number of hydrogen-bond donors (Lipinski definition) is 1. The Morgan fingerprint density at radius 3 is 2.52 bits per heavy atom. The Bertz CT molecular complexity index is 587. The van der Waals surface area contributed by atoms with Crippen LogP contribution >= 0.6 is 0 Å². The molecule has 2 aromatic carbocycles. The Balaban J connectivity index is 1.99. The van der Waals surface area contributed by atoms with Gasteiger partial charge in [-0.1, -0.05) is 12.1 Å². The molecule has 0 saturated carbocycles. The summed E-state index contributed by atoms with van der Waals surface area (Å²) in [6.45, 7) is 5.48. The molecule has 0 atom stereocenters. The zero-order chi connectivity index (χ0) is 15.1. The van der Waals surface area contributed by atoms with Crippen molar-refractivity contribution in [2.45, 2.75) is 20.4 Å². The average molecular weight is 289 g/mol. The SMILES string of the molecule is CCOc1cccc(CNc2ccc(OCC)c(F)c2)c1. The molecule has 0 fully saturated rings. The van der Waals surface area contributed by atoms with Gasteiger partial charge in [0.05, 0.1) is 13.2 Å². The normalized spacial score (nSPS) is 10.2. The Hall–Kier alpha value is -2.23. The molecule has 0 spiro atoms. The Kier molecular flexibility index (Phi) is 5.43. The molecule has 21 heavy (non-hydrogen) atoms. The van der Waals surface area contributed by atoms with Crippen molar-refractivity contribution in [1.29, 1.82) is 0 Å². The number of hydrogen-bond acceptors (Lipinski definition) is 3. The molecule has 0 unspecified atom stereocenters. The predicted molar refractivity (Wildman–Crippen MR) is 82.5 cm³/mol. The van der Waals surface area contributed by atoms with E-state index in [0.29, 0.717) is 19.8 Å². The summed E-state index contributed by atoms with van der Waals surface area (Å²) in [6.07, 6.45) is 0. The van der Waals surface area contributed by atoms with Crippen molar-refractivity contribution in [2.24, 2.45) is 0 Å². The third-order valence-electron chi connectivity index (χ3n) is 2.94. The lowest BCUT2D eigenvalue weighted by atomic mass is 10.2. The summed E-state index contributed by atoms with van der Waals surface area (Å²) in [5, 5.41) is 3.19. The number of ether oxygens (including phenoxy) is 2. The summed E-state index contributed by atoms with van der Waals surface area (Å²) >= 11 is 0. The minimum Gasteiger partial charge on any atom is -0.494 e. The largest absolute Gasteiger partial charge is 0.494 e. The first-order valence-corrected chi connectivity index (χ1v) is 7.11. The van der Waals surface area contributed by atoms with Crippen LogP contribution in [0.4, 0.5) is 10.1 Å². The molecule has 0 bridgehead atoms. The molecule has 0 radical (unpaired) electrons. The summed E-state index contributed by atoms with van der Waals surface area (Å²) in [5.41, 5.74) is 1.80. The molecule has 0 aliphatic heterocycles. The van der Waals surface area contributed by atoms with Crippen LogP contribution in [-0.4, -0.2) is 13.2 Å². The Morgan fingerprint density at radius 2 is 1.81 bits per heavy atom. The van der Waals surface area contributed by atoms with E-state index in [1.54, 1.807) is 12.1 Å². The molecule has 2 aromatic rings. The van der Waals surface area contributed by atoms with Crippen molar-refractivity contribution in [3.63, 3.8) is 0 Å². The highest BCUT2D eigenvalue weighted by Gasteiger charge is 2.04. The number of benzene rings is 2. The van der Waals surface area contributed by atoms with Crippen molar-refractivity contribution in [3.05, 3.63) is 53.8 Å². The van der Waals surface area contributed by atoms with Gasteiger partial charge in [-0.25, -0.2) is 4.39 Å². The van der Waals surface area contributed by atoms with Crippen molar-refractivity contribution >= 4 is 5.69 Å². The third-order valence-corrected chi connectivity index (χ3v) is 2.94. The van der Waals surface area contributed by atoms with Gasteiger partial charge in [0.1, 0.15) is 5.75 Å². The maximum absolute atomic E-state index is 13.7. The second-order valence-electron chi connectivity index (χ2n) is 4.51. The van der Waals surface area contributed by atoms with E-state index in [4.69, 9.17) is 9.47 Å². The van der Waals surface area contributed by atoms with E-state index in [-0.39, 0.29) is 11.6 Å². The first-order chi connectivity index (χ1) is 10.2. The lowest BCUT2D eigenvalue weighted by Crippen LogP contribution is -2.01. The molecular weight excluding hydrogens is 269 g/mol. The molecule has 3 nitrogen and oxygen atoms in total. The molecule has 0 aromatic heterocycles. The van der Waals surface area contributed by atoms with Crippen LogP contribution in [0.2, 0.25) is 0 Å². The molecule has 0 saturated heterocycles. The molecule has 0 heterocycles. The molecule has 4 heteroatoms. The van der Waals surface area contributed by atoms with Gasteiger partial charge < -0.3 is 14.8 Å². The summed E-state index contributed by atoms with van der Waals surface area (Å²) in [5.74, 6) is 0.765. The van der Waals surface area contributed by atoms with Gasteiger partial charge in [-0.3, -0.25) is 0 Å². The van der Waals surface area contributed by atoms with Crippen molar-refractivity contribution in [1.82, 2.24) is 0 Å². The number of rotatable bonds is 7. The standard InChI is InChI=1S/C17H20FNO2/c1-3-20-15-7-5-6-13(10-15)12-19-14-8-9-17(21-4-2)16(18)11-14/h5-11,19H,3-4,12H2,1-2H3. The first-order valence-electron chi connectivity index (χ1n) is 7.11. The van der Waals surface area contributed by atoms with Crippen LogP contribution in [0.3, 0.4) is 0 Å². The highest BCUT2D eigenvalue weighted by atomic mass is 19.1. The van der Waals surface area contributed by atoms with Gasteiger partial charge in [0.15, 0.2) is 11.6 Å². The molecule has 112 valence electrons. The van der Waals surface area contributed by atoms with Gasteiger partial charge in [-0.05, 0) is 43.7 Å². The lowest BCUT2D eigenvalue weighted by molar-refractivity contribution is 0.321. The zero-order valence-electron chi connectivity index (χ0n) is 12.4. The second kappa shape index (κ2) is 7.53. The monoisotopic (exact) mass is 289 g/mol. The van der Waals surface area contributed by atoms with Gasteiger partial charge in [0, 0.05) is 18.3 Å². The van der Waals surface area contributed by atoms with E-state index in [2.05, 4.69) is 5.32 Å². The topological polar surface area (TPSA) is 30.5 Å². The van der Waals surface area contributed by atoms with Crippen LogP contribution in [0.25, 0.3) is 0 Å². The van der Waals surface area contributed by atoms with Crippen molar-refractivity contribution in [3.8, 4) is 11.5 Å². The minimum absolute atomic E-state index is 0.279. The quantitative estimate of drug-likeness (QED) is 0.827. The molecular formula is C17H20FNO2. The van der Waals surface area contributed by atoms with E-state index >= 15 is 0 Å². The predicted octanol–water partition coefficient (Wildman–Crippen LogP) is 4.24. The van der Waals surface area contributed by atoms with Gasteiger partial charge in [-0.15, -0.1) is 0 Å². The van der Waals surface area contributed by atoms with Crippen LogP contribution in [0.1, 0.15) is 19.4 Å². The summed E-state index contributed by atoms with van der Waals surface area (Å²) in [4.78, 5) is 0. The summed E-state index contributed by atoms with van der Waals surface area (Å²) < 4.78 is 24.4. The number of anilines is 1. The first kappa shape index (κ1) is 15.2. The van der Waals surface area contributed by atoms with Crippen molar-refractivity contribution < 1.29 is 13.9 Å². The fourth-order valence-electron chi connectivity index (χ4n) is 2.00. The highest BCUT2D eigenvalue weighted by Crippen LogP contribution is 2.22. The highest BCUT2D eigenvalue weighted by molar-refractivity contribution is 5.48. The molecule has 0 amide bonds. The maximum Gasteiger partial charge on any atom is 0.167 e. The number of nitrogens with one attached hydrogen (secondary N) is 1. The van der Waals surface area contributed by atoms with E-state index in [0.717, 1.165) is 17.0 Å². The van der Waals surface area contributed by atoms with Crippen LogP contribution in [0.15, 0.2) is 42.5 Å². The molecule has 2 rings (SSSR count). The molecule has 0 aliphatic carbocycles. The van der Waals surface area contributed by atoms with Gasteiger partial charge in [0.25, 0.3) is 0 Å². The van der Waals surface area contributed by atoms with Gasteiger partial charge in [-0.2, -0.15) is 0 Å². The Labute approximate surface area is 124 Å². The average Bonchev–Trinajstić information content (AvgIpc) is 2.49. The molecule has 1 N–H and O–H groups in total. The third kappa shape index (κ3) is 4.38. The van der Waals surface area contributed by atoms with Gasteiger partial charge >= 0.3 is 0 Å². The minimum atomic E-state index is -0.357. The van der Waals surface area contributed by atoms with Crippen LogP contribution < -0.4 is 14.8 Å². The van der Waals surface area contributed by atoms with Crippen LogP contribution in [0, 0.1) is 5.82 Å². The second-order valence-corrected chi connectivity index (χ2v) is 4.51. The fraction of sp³-hybridized carbons (Fsp3) is 0.294. The lowest BCUT2D eigenvalue weighted by Gasteiger charge is -2.10. The van der Waals surface area contributed by atoms with E-state index in [1.807, 2.05) is 38.1 Å². The van der Waals surface area contributed by atoms with E-state index in [1.165, 1.54) is 6.07 Å². The van der Waals surface area contributed by atoms with E-state index in [9.17, 15) is 4.39 Å². The smallest absolute Gasteiger partial charge is 0.167 e. The number of halogens is 1. The van der Waals surface area contributed by atoms with Crippen molar-refractivity contribution in [2.75, 3.05) is 18.5 Å². The molecule has 0 aliphatic rings. The van der Waals surface area contributed by atoms with Crippen LogP contribution in [0.5, 0.6) is 11.5 Å². The maximum atomic E-state index is 13.7. The van der Waals surface area contributed by atoms with E-state index < -0.39 is 0 Å². The zero-order valence-corrected chi connectivity index (χ0v) is 12.4.